The number of nitrogens with zero attached hydrogens (tertiary/aromatic N) is 4. The maximum absolute atomic E-state index is 13.6. The lowest BCUT2D eigenvalue weighted by Crippen LogP contribution is -2.51. The van der Waals surface area contributed by atoms with Gasteiger partial charge in [0, 0.05) is 24.7 Å². The quantitative estimate of drug-likeness (QED) is 0.296. The first-order valence-electron chi connectivity index (χ1n) is 15.8. The van der Waals surface area contributed by atoms with E-state index >= 15 is 0 Å². The summed E-state index contributed by atoms with van der Waals surface area (Å²) < 4.78 is 52.9. The molecule has 0 N–H and O–H groups in total. The Morgan fingerprint density at radius 2 is 1.69 bits per heavy atom. The molecule has 12 heteroatoms. The molecule has 4 rings (SSSR count). The molecule has 2 amide bonds. The molecular weight excluding hydrogens is 605 g/mol. The molecular formula is C33H45F3N4O4S. The van der Waals surface area contributed by atoms with Gasteiger partial charge >= 0.3 is 12.3 Å². The molecule has 0 bridgehead atoms. The van der Waals surface area contributed by atoms with Crippen LogP contribution >= 0.6 is 12.2 Å². The second kappa shape index (κ2) is 13.1. The van der Waals surface area contributed by atoms with E-state index in [1.165, 1.54) is 11.0 Å². The number of carbonyl (C=O) groups excluding carboxylic acids is 2. The fourth-order valence-corrected chi connectivity index (χ4v) is 7.72. The van der Waals surface area contributed by atoms with Gasteiger partial charge in [-0.25, -0.2) is 4.79 Å². The molecule has 2 unspecified atom stereocenters. The largest absolute Gasteiger partial charge is 0.444 e. The summed E-state index contributed by atoms with van der Waals surface area (Å²) in [5, 5.41) is 9.34. The summed E-state index contributed by atoms with van der Waals surface area (Å²) in [6, 6.07) is 4.94. The number of nitriles is 1. The first-order valence-corrected chi connectivity index (χ1v) is 16.2. The van der Waals surface area contributed by atoms with Gasteiger partial charge in [0.1, 0.15) is 11.1 Å². The Balaban J connectivity index is 1.31. The predicted octanol–water partition coefficient (Wildman–Crippen LogP) is 7.43. The number of carbonyl (C=O) groups is 2. The molecule has 3 fully saturated rings. The number of amides is 2. The minimum absolute atomic E-state index is 0.00415. The van der Waals surface area contributed by atoms with Crippen molar-refractivity contribution in [2.45, 2.75) is 135 Å². The van der Waals surface area contributed by atoms with Crippen LogP contribution in [-0.2, 0) is 20.4 Å². The zero-order chi connectivity index (χ0) is 33.5. The van der Waals surface area contributed by atoms with Gasteiger partial charge in [-0.2, -0.15) is 18.4 Å². The van der Waals surface area contributed by atoms with E-state index in [4.69, 9.17) is 27.0 Å². The smallest absolute Gasteiger partial charge is 0.417 e. The topological polar surface area (TPSA) is 86.1 Å². The van der Waals surface area contributed by atoms with Gasteiger partial charge in [0.25, 0.3) is 5.91 Å². The van der Waals surface area contributed by atoms with E-state index in [0.29, 0.717) is 12.5 Å². The Kier molecular flexibility index (Phi) is 10.2. The van der Waals surface area contributed by atoms with Crippen molar-refractivity contribution >= 4 is 35.0 Å². The first-order chi connectivity index (χ1) is 20.8. The third-order valence-electron chi connectivity index (χ3n) is 9.20. The molecule has 3 aliphatic rings. The highest BCUT2D eigenvalue weighted by Crippen LogP contribution is 2.41. The number of likely N-dealkylation sites (tertiary alicyclic amines) is 1. The maximum Gasteiger partial charge on any atom is 0.417 e. The van der Waals surface area contributed by atoms with E-state index in [1.807, 2.05) is 30.6 Å². The average molecular weight is 651 g/mol. The highest BCUT2D eigenvalue weighted by molar-refractivity contribution is 7.80. The molecule has 0 spiro atoms. The zero-order valence-corrected chi connectivity index (χ0v) is 28.1. The summed E-state index contributed by atoms with van der Waals surface area (Å²) in [7, 11) is 0. The van der Waals surface area contributed by atoms with Crippen LogP contribution in [0.25, 0.3) is 0 Å². The number of hydrogen-bond donors (Lipinski definition) is 0. The average Bonchev–Trinajstić information content (AvgIpc) is 3.09. The summed E-state index contributed by atoms with van der Waals surface area (Å²) in [5.74, 6) is 0.0507. The van der Waals surface area contributed by atoms with Crippen LogP contribution in [0, 0.1) is 17.2 Å². The number of piperidine rings is 1. The molecule has 3 atom stereocenters. The third-order valence-corrected chi connectivity index (χ3v) is 9.58. The Morgan fingerprint density at radius 1 is 1.09 bits per heavy atom. The third kappa shape index (κ3) is 7.57. The first kappa shape index (κ1) is 35.0. The lowest BCUT2D eigenvalue weighted by molar-refractivity contribution is -0.137. The van der Waals surface area contributed by atoms with E-state index in [2.05, 4.69) is 13.8 Å². The molecule has 2 heterocycles. The molecule has 0 aromatic heterocycles. The predicted molar refractivity (Wildman–Crippen MR) is 168 cm³/mol. The van der Waals surface area contributed by atoms with Crippen LogP contribution in [0.15, 0.2) is 18.2 Å². The van der Waals surface area contributed by atoms with Crippen molar-refractivity contribution in [2.24, 2.45) is 5.92 Å². The number of rotatable bonds is 6. The van der Waals surface area contributed by atoms with Gasteiger partial charge in [-0.05, 0) is 130 Å². The monoisotopic (exact) mass is 650 g/mol. The molecule has 45 heavy (non-hydrogen) atoms. The maximum atomic E-state index is 13.6. The Hall–Kier alpha value is -2.91. The van der Waals surface area contributed by atoms with Crippen molar-refractivity contribution in [1.82, 2.24) is 9.80 Å². The van der Waals surface area contributed by atoms with E-state index in [1.54, 1.807) is 19.9 Å². The molecule has 2 saturated heterocycles. The van der Waals surface area contributed by atoms with Crippen LogP contribution in [-0.4, -0.2) is 68.9 Å². The number of halogens is 3. The van der Waals surface area contributed by atoms with E-state index in [9.17, 15) is 22.8 Å². The van der Waals surface area contributed by atoms with Gasteiger partial charge in [-0.3, -0.25) is 9.69 Å². The van der Waals surface area contributed by atoms with Crippen molar-refractivity contribution in [3.05, 3.63) is 29.3 Å². The van der Waals surface area contributed by atoms with Gasteiger partial charge in [-0.15, -0.1) is 0 Å². The normalized spacial score (nSPS) is 27.5. The van der Waals surface area contributed by atoms with Crippen LogP contribution in [0.2, 0.25) is 0 Å². The lowest BCUT2D eigenvalue weighted by Gasteiger charge is -2.43. The van der Waals surface area contributed by atoms with Crippen molar-refractivity contribution < 1.29 is 32.2 Å². The van der Waals surface area contributed by atoms with Gasteiger partial charge in [0.2, 0.25) is 0 Å². The lowest BCUT2D eigenvalue weighted by atomic mass is 9.85. The fourth-order valence-electron chi connectivity index (χ4n) is 7.16. The standard InChI is InChI=1S/C33H45F3N4O4S/c1-20-16-22(17-21(2)38(20)30(42)44-31(3,4)5)14-15-43-26-12-10-24(11-13-26)40-29(45)39(28(41)32(40,6)7)25-9-8-23(19-37)27(18-25)33(34,35)36/h8-9,18,20-22,24,26H,10-17H2,1-7H3/t20-,21?,22?,24-,26-/m0/s1. The number of hydrogen-bond acceptors (Lipinski definition) is 6. The minimum Gasteiger partial charge on any atom is -0.444 e. The Morgan fingerprint density at radius 3 is 2.22 bits per heavy atom. The minimum atomic E-state index is -4.74. The Bertz CT molecular complexity index is 1320. The summed E-state index contributed by atoms with van der Waals surface area (Å²) in [4.78, 5) is 31.1. The van der Waals surface area contributed by atoms with Gasteiger partial charge in [0.05, 0.1) is 29.0 Å². The van der Waals surface area contributed by atoms with E-state index in [-0.39, 0.29) is 41.1 Å². The number of alkyl halides is 3. The van der Waals surface area contributed by atoms with Crippen LogP contribution < -0.4 is 4.90 Å². The van der Waals surface area contributed by atoms with Crippen LogP contribution in [0.1, 0.15) is 105 Å². The molecule has 2 aliphatic heterocycles. The van der Waals surface area contributed by atoms with Crippen molar-refractivity contribution in [1.29, 1.82) is 5.26 Å². The summed E-state index contributed by atoms with van der Waals surface area (Å²) >= 11 is 5.71. The van der Waals surface area contributed by atoms with Gasteiger partial charge < -0.3 is 19.3 Å². The van der Waals surface area contributed by atoms with Gasteiger partial charge in [-0.1, -0.05) is 0 Å². The molecule has 1 aliphatic carbocycles. The fraction of sp³-hybridized carbons (Fsp3) is 0.697. The van der Waals surface area contributed by atoms with E-state index in [0.717, 1.165) is 57.1 Å². The number of ether oxygens (including phenoxy) is 2. The SMILES string of the molecule is CC1CC(CCO[C@H]2CC[C@H](N3C(=S)N(c4ccc(C#N)c(C(F)(F)F)c4)C(=O)C3(C)C)CC2)C[C@H](C)N1C(=O)OC(C)(C)C. The Labute approximate surface area is 269 Å². The molecule has 1 aromatic carbocycles. The van der Waals surface area contributed by atoms with Gasteiger partial charge in [0.15, 0.2) is 5.11 Å². The summed E-state index contributed by atoms with van der Waals surface area (Å²) in [5.41, 5.74) is -3.16. The number of benzene rings is 1. The number of anilines is 1. The van der Waals surface area contributed by atoms with Crippen LogP contribution in [0.5, 0.6) is 0 Å². The van der Waals surface area contributed by atoms with Crippen molar-refractivity contribution in [2.75, 3.05) is 11.5 Å². The summed E-state index contributed by atoms with van der Waals surface area (Å²) in [6.07, 6.45) is 0.822. The van der Waals surface area contributed by atoms with Crippen LogP contribution in [0.4, 0.5) is 23.7 Å². The highest BCUT2D eigenvalue weighted by Gasteiger charge is 2.52. The molecule has 8 nitrogen and oxygen atoms in total. The molecule has 1 saturated carbocycles. The molecule has 248 valence electrons. The highest BCUT2D eigenvalue weighted by atomic mass is 32.1. The zero-order valence-electron chi connectivity index (χ0n) is 27.2. The van der Waals surface area contributed by atoms with Crippen molar-refractivity contribution in [3.8, 4) is 6.07 Å². The molecule has 0 radical (unpaired) electrons. The van der Waals surface area contributed by atoms with Crippen molar-refractivity contribution in [3.63, 3.8) is 0 Å². The van der Waals surface area contributed by atoms with E-state index < -0.39 is 34.4 Å². The summed E-state index contributed by atoms with van der Waals surface area (Å²) in [6.45, 7) is 13.9. The second-order valence-electron chi connectivity index (χ2n) is 14.2. The second-order valence-corrected chi connectivity index (χ2v) is 14.6. The number of thiocarbonyl (C=S) groups is 1. The van der Waals surface area contributed by atoms with Crippen LogP contribution in [0.3, 0.4) is 0 Å². The molecule has 1 aromatic rings.